The first-order chi connectivity index (χ1) is 9.20. The van der Waals surface area contributed by atoms with Gasteiger partial charge in [-0.25, -0.2) is 4.98 Å². The molecule has 1 saturated heterocycles. The number of imide groups is 1. The second kappa shape index (κ2) is 4.69. The second-order valence-electron chi connectivity index (χ2n) is 5.78. The van der Waals surface area contributed by atoms with Crippen LogP contribution in [0.4, 0.5) is 0 Å². The van der Waals surface area contributed by atoms with Gasteiger partial charge in [-0.3, -0.25) is 24.4 Å². The Kier molecular flexibility index (Phi) is 3.33. The number of hydrogen-bond donors (Lipinski definition) is 2. The number of aromatic amines is 1. The Morgan fingerprint density at radius 1 is 1.40 bits per heavy atom. The van der Waals surface area contributed by atoms with Gasteiger partial charge in [-0.1, -0.05) is 20.8 Å². The van der Waals surface area contributed by atoms with E-state index in [1.165, 1.54) is 7.05 Å². The van der Waals surface area contributed by atoms with Gasteiger partial charge in [0.05, 0.1) is 6.42 Å². The van der Waals surface area contributed by atoms with Gasteiger partial charge in [-0.15, -0.1) is 5.10 Å². The summed E-state index contributed by atoms with van der Waals surface area (Å²) in [4.78, 5) is 40.1. The van der Waals surface area contributed by atoms with Crippen LogP contribution in [0.3, 0.4) is 0 Å². The Labute approximate surface area is 115 Å². The van der Waals surface area contributed by atoms with Crippen LogP contribution in [0.1, 0.15) is 43.6 Å². The van der Waals surface area contributed by atoms with Crippen molar-refractivity contribution in [3.8, 4) is 0 Å². The molecule has 1 unspecified atom stereocenters. The molecule has 8 nitrogen and oxygen atoms in total. The predicted octanol–water partition coefficient (Wildman–Crippen LogP) is -0.411. The first kappa shape index (κ1) is 14.2. The average Bonchev–Trinajstić information content (AvgIpc) is 2.92. The number of nitrogens with one attached hydrogen (secondary N) is 2. The molecule has 1 aromatic heterocycles. The van der Waals surface area contributed by atoms with E-state index >= 15 is 0 Å². The monoisotopic (exact) mass is 279 g/mol. The van der Waals surface area contributed by atoms with Crippen LogP contribution in [0.25, 0.3) is 0 Å². The zero-order valence-corrected chi connectivity index (χ0v) is 11.9. The Hall–Kier alpha value is -2.25. The van der Waals surface area contributed by atoms with Gasteiger partial charge < -0.3 is 5.32 Å². The number of rotatable bonds is 2. The average molecular weight is 279 g/mol. The SMILES string of the molecule is CN1C(=O)CC(NC(=O)c2n[nH]c(C(C)(C)C)n2)C1=O. The summed E-state index contributed by atoms with van der Waals surface area (Å²) in [5.74, 6) is -0.767. The van der Waals surface area contributed by atoms with Crippen LogP contribution >= 0.6 is 0 Å². The highest BCUT2D eigenvalue weighted by atomic mass is 16.2. The lowest BCUT2D eigenvalue weighted by atomic mass is 9.96. The molecule has 3 amide bonds. The molecule has 0 bridgehead atoms. The number of carbonyl (C=O) groups excluding carboxylic acids is 3. The molecule has 108 valence electrons. The van der Waals surface area contributed by atoms with Crippen molar-refractivity contribution in [2.24, 2.45) is 0 Å². The van der Waals surface area contributed by atoms with E-state index in [0.29, 0.717) is 5.82 Å². The second-order valence-corrected chi connectivity index (χ2v) is 5.78. The third-order valence-electron chi connectivity index (χ3n) is 3.09. The summed E-state index contributed by atoms with van der Waals surface area (Å²) in [6.45, 7) is 5.80. The normalized spacial score (nSPS) is 19.6. The Morgan fingerprint density at radius 3 is 2.50 bits per heavy atom. The van der Waals surface area contributed by atoms with E-state index < -0.39 is 17.9 Å². The molecule has 0 aromatic carbocycles. The molecule has 0 spiro atoms. The highest BCUT2D eigenvalue weighted by Gasteiger charge is 2.37. The van der Waals surface area contributed by atoms with E-state index in [1.807, 2.05) is 20.8 Å². The van der Waals surface area contributed by atoms with Gasteiger partial charge in [0.15, 0.2) is 0 Å². The van der Waals surface area contributed by atoms with Crippen LogP contribution < -0.4 is 5.32 Å². The van der Waals surface area contributed by atoms with Crippen molar-refractivity contribution >= 4 is 17.7 Å². The van der Waals surface area contributed by atoms with E-state index in [2.05, 4.69) is 20.5 Å². The van der Waals surface area contributed by atoms with Crippen LogP contribution in [0.5, 0.6) is 0 Å². The van der Waals surface area contributed by atoms with Crippen LogP contribution in [0.15, 0.2) is 0 Å². The quantitative estimate of drug-likeness (QED) is 0.715. The van der Waals surface area contributed by atoms with Crippen LogP contribution in [-0.4, -0.2) is 50.9 Å². The number of likely N-dealkylation sites (tertiary alicyclic amines) is 1. The number of nitrogens with zero attached hydrogens (tertiary/aromatic N) is 3. The van der Waals surface area contributed by atoms with Gasteiger partial charge in [0.25, 0.3) is 11.8 Å². The fraction of sp³-hybridized carbons (Fsp3) is 0.583. The van der Waals surface area contributed by atoms with Crippen molar-refractivity contribution < 1.29 is 14.4 Å². The summed E-state index contributed by atoms with van der Waals surface area (Å²) in [7, 11) is 1.39. The molecule has 1 aromatic rings. The zero-order valence-electron chi connectivity index (χ0n) is 11.9. The smallest absolute Gasteiger partial charge is 0.291 e. The van der Waals surface area contributed by atoms with Gasteiger partial charge >= 0.3 is 0 Å². The lowest BCUT2D eigenvalue weighted by Gasteiger charge is -2.13. The van der Waals surface area contributed by atoms with Crippen molar-refractivity contribution in [2.45, 2.75) is 38.6 Å². The molecule has 1 fully saturated rings. The zero-order chi connectivity index (χ0) is 15.1. The minimum absolute atomic E-state index is 0.0301. The van der Waals surface area contributed by atoms with E-state index in [-0.39, 0.29) is 23.6 Å². The van der Waals surface area contributed by atoms with E-state index in [9.17, 15) is 14.4 Å². The molecule has 20 heavy (non-hydrogen) atoms. The summed E-state index contributed by atoms with van der Waals surface area (Å²) in [6.07, 6.45) is -0.0301. The lowest BCUT2D eigenvalue weighted by molar-refractivity contribution is -0.137. The van der Waals surface area contributed by atoms with Crippen LogP contribution in [0, 0.1) is 0 Å². The first-order valence-electron chi connectivity index (χ1n) is 6.24. The molecule has 0 saturated carbocycles. The minimum Gasteiger partial charge on any atom is -0.337 e. The molecular weight excluding hydrogens is 262 g/mol. The third-order valence-corrected chi connectivity index (χ3v) is 3.09. The van der Waals surface area contributed by atoms with Crippen molar-refractivity contribution in [3.05, 3.63) is 11.6 Å². The van der Waals surface area contributed by atoms with Crippen molar-refractivity contribution in [2.75, 3.05) is 7.05 Å². The number of aromatic nitrogens is 3. The standard InChI is InChI=1S/C12H17N5O3/c1-12(2,3)11-14-8(15-16-11)9(19)13-6-5-7(18)17(4)10(6)20/h6H,5H2,1-4H3,(H,13,19)(H,14,15,16). The largest absolute Gasteiger partial charge is 0.337 e. The maximum atomic E-state index is 12.0. The summed E-state index contributed by atoms with van der Waals surface area (Å²) in [6, 6.07) is -0.836. The number of carbonyl (C=O) groups is 3. The Morgan fingerprint density at radius 2 is 2.05 bits per heavy atom. The fourth-order valence-electron chi connectivity index (χ4n) is 1.79. The van der Waals surface area contributed by atoms with E-state index in [4.69, 9.17) is 0 Å². The number of hydrogen-bond acceptors (Lipinski definition) is 5. The molecule has 1 atom stereocenters. The van der Waals surface area contributed by atoms with E-state index in [1.54, 1.807) is 0 Å². The molecule has 2 rings (SSSR count). The summed E-state index contributed by atoms with van der Waals surface area (Å²) >= 11 is 0. The molecule has 0 radical (unpaired) electrons. The maximum Gasteiger partial charge on any atom is 0.291 e. The predicted molar refractivity (Wildman–Crippen MR) is 68.7 cm³/mol. The highest BCUT2D eigenvalue weighted by molar-refractivity contribution is 6.07. The van der Waals surface area contributed by atoms with E-state index in [0.717, 1.165) is 4.90 Å². The summed E-state index contributed by atoms with van der Waals surface area (Å²) in [5.41, 5.74) is -0.259. The molecule has 2 heterocycles. The van der Waals surface area contributed by atoms with Crippen LogP contribution in [0.2, 0.25) is 0 Å². The molecule has 1 aliphatic heterocycles. The number of amides is 3. The summed E-state index contributed by atoms with van der Waals surface area (Å²) in [5, 5.41) is 9.00. The van der Waals surface area contributed by atoms with Gasteiger partial charge in [0.1, 0.15) is 11.9 Å². The first-order valence-corrected chi connectivity index (χ1v) is 6.24. The fourth-order valence-corrected chi connectivity index (χ4v) is 1.79. The van der Waals surface area contributed by atoms with Crippen LogP contribution in [-0.2, 0) is 15.0 Å². The van der Waals surface area contributed by atoms with Gasteiger partial charge in [-0.05, 0) is 0 Å². The van der Waals surface area contributed by atoms with Gasteiger partial charge in [0, 0.05) is 12.5 Å². The minimum atomic E-state index is -0.836. The molecule has 1 aliphatic rings. The number of likely N-dealkylation sites (N-methyl/N-ethyl adjacent to an activating group) is 1. The van der Waals surface area contributed by atoms with Crippen molar-refractivity contribution in [1.82, 2.24) is 25.4 Å². The summed E-state index contributed by atoms with van der Waals surface area (Å²) < 4.78 is 0. The third kappa shape index (κ3) is 2.54. The molecular formula is C12H17N5O3. The Bertz CT molecular complexity index is 572. The lowest BCUT2D eigenvalue weighted by Crippen LogP contribution is -2.41. The topological polar surface area (TPSA) is 108 Å². The number of H-pyrrole nitrogens is 1. The molecule has 8 heteroatoms. The maximum absolute atomic E-state index is 12.0. The van der Waals surface area contributed by atoms with Gasteiger partial charge in [-0.2, -0.15) is 0 Å². The van der Waals surface area contributed by atoms with Crippen molar-refractivity contribution in [3.63, 3.8) is 0 Å². The van der Waals surface area contributed by atoms with Gasteiger partial charge in [0.2, 0.25) is 11.7 Å². The highest BCUT2D eigenvalue weighted by Crippen LogP contribution is 2.17. The molecule has 2 N–H and O–H groups in total. The molecule has 0 aliphatic carbocycles. The van der Waals surface area contributed by atoms with Crippen molar-refractivity contribution in [1.29, 1.82) is 0 Å². The Balaban J connectivity index is 2.08.